The Kier molecular flexibility index (Phi) is 17.1. The zero-order valence-corrected chi connectivity index (χ0v) is 25.8. The molecule has 1 aliphatic carbocycles. The predicted octanol–water partition coefficient (Wildman–Crippen LogP) is 6.13. The average Bonchev–Trinajstić information content (AvgIpc) is 3.06. The highest BCUT2D eigenvalue weighted by molar-refractivity contribution is 5.87. The molecule has 2 aromatic carbocycles. The van der Waals surface area contributed by atoms with Crippen LogP contribution in [0.1, 0.15) is 56.6 Å². The van der Waals surface area contributed by atoms with Crippen LogP contribution in [0.5, 0.6) is 0 Å². The largest absolute Gasteiger partial charge is 0.462 e. The second-order valence-electron chi connectivity index (χ2n) is 10.8. The SMILES string of the molecule is C=C(C=O)CO.C=C(CO)C(=O)OCC(COC)COC1CC=C(c2ccc(-c3ccc(CCCCC)cc3)cc2)CC1. The summed E-state index contributed by atoms with van der Waals surface area (Å²) < 4.78 is 16.6. The maximum absolute atomic E-state index is 11.7. The first-order valence-corrected chi connectivity index (χ1v) is 15.0. The van der Waals surface area contributed by atoms with Crippen molar-refractivity contribution in [2.45, 2.75) is 58.0 Å². The van der Waals surface area contributed by atoms with Crippen molar-refractivity contribution in [3.8, 4) is 11.1 Å². The summed E-state index contributed by atoms with van der Waals surface area (Å²) in [6.07, 6.45) is 10.7. The smallest absolute Gasteiger partial charge is 0.335 e. The number of hydrogen-bond donors (Lipinski definition) is 2. The minimum absolute atomic E-state index is 0.0470. The first kappa shape index (κ1) is 35.8. The molecule has 0 saturated heterocycles. The van der Waals surface area contributed by atoms with Gasteiger partial charge in [0, 0.05) is 18.6 Å². The molecular formula is C36H48O7. The number of allylic oxidation sites excluding steroid dienone is 1. The summed E-state index contributed by atoms with van der Waals surface area (Å²) in [5, 5.41) is 17.0. The highest BCUT2D eigenvalue weighted by atomic mass is 16.5. The molecule has 0 fully saturated rings. The molecule has 0 heterocycles. The van der Waals surface area contributed by atoms with Crippen LogP contribution >= 0.6 is 0 Å². The first-order chi connectivity index (χ1) is 20.8. The maximum atomic E-state index is 11.7. The number of hydrogen-bond acceptors (Lipinski definition) is 7. The Hall–Kier alpha value is -3.36. The molecule has 0 saturated carbocycles. The van der Waals surface area contributed by atoms with Crippen molar-refractivity contribution in [1.29, 1.82) is 0 Å². The van der Waals surface area contributed by atoms with Gasteiger partial charge in [-0.3, -0.25) is 4.79 Å². The number of methoxy groups -OCH3 is 1. The number of unbranched alkanes of at least 4 members (excludes halogenated alkanes) is 2. The average molecular weight is 593 g/mol. The van der Waals surface area contributed by atoms with Crippen molar-refractivity contribution in [2.75, 3.05) is 40.1 Å². The van der Waals surface area contributed by atoms with E-state index in [0.717, 1.165) is 25.7 Å². The van der Waals surface area contributed by atoms with Gasteiger partial charge in [-0.25, -0.2) is 4.79 Å². The third-order valence-electron chi connectivity index (χ3n) is 7.24. The van der Waals surface area contributed by atoms with Crippen LogP contribution in [-0.4, -0.2) is 68.7 Å². The van der Waals surface area contributed by atoms with Gasteiger partial charge in [-0.2, -0.15) is 0 Å². The maximum Gasteiger partial charge on any atom is 0.335 e. The minimum atomic E-state index is -0.584. The number of ether oxygens (including phenoxy) is 3. The van der Waals surface area contributed by atoms with Crippen molar-refractivity contribution in [3.63, 3.8) is 0 Å². The lowest BCUT2D eigenvalue weighted by molar-refractivity contribution is -0.142. The molecule has 2 unspecified atom stereocenters. The number of aryl methyl sites for hydroxylation is 1. The van der Waals surface area contributed by atoms with Gasteiger partial charge < -0.3 is 24.4 Å². The molecule has 7 nitrogen and oxygen atoms in total. The minimum Gasteiger partial charge on any atom is -0.462 e. The summed E-state index contributed by atoms with van der Waals surface area (Å²) >= 11 is 0. The summed E-state index contributed by atoms with van der Waals surface area (Å²) in [6, 6.07) is 17.9. The second-order valence-corrected chi connectivity index (χ2v) is 10.8. The molecule has 234 valence electrons. The van der Waals surface area contributed by atoms with Gasteiger partial charge in [-0.05, 0) is 59.9 Å². The van der Waals surface area contributed by atoms with E-state index in [1.165, 1.54) is 47.1 Å². The molecular weight excluding hydrogens is 544 g/mol. The fourth-order valence-corrected chi connectivity index (χ4v) is 4.59. The third-order valence-corrected chi connectivity index (χ3v) is 7.24. The van der Waals surface area contributed by atoms with Crippen molar-refractivity contribution in [1.82, 2.24) is 0 Å². The number of esters is 1. The van der Waals surface area contributed by atoms with Gasteiger partial charge in [0.25, 0.3) is 0 Å². The van der Waals surface area contributed by atoms with Crippen molar-refractivity contribution >= 4 is 17.8 Å². The van der Waals surface area contributed by atoms with Crippen LogP contribution in [-0.2, 0) is 30.2 Å². The molecule has 0 amide bonds. The van der Waals surface area contributed by atoms with Crippen molar-refractivity contribution < 1.29 is 34.0 Å². The lowest BCUT2D eigenvalue weighted by Gasteiger charge is -2.25. The fourth-order valence-electron chi connectivity index (χ4n) is 4.59. The molecule has 7 heteroatoms. The van der Waals surface area contributed by atoms with E-state index >= 15 is 0 Å². The molecule has 0 spiro atoms. The molecule has 1 aliphatic rings. The quantitative estimate of drug-likeness (QED) is 0.0987. The number of aliphatic hydroxyl groups excluding tert-OH is 2. The Balaban J connectivity index is 0.000000973. The number of carbonyl (C=O) groups excluding carboxylic acids is 2. The normalized spacial score (nSPS) is 15.0. The van der Waals surface area contributed by atoms with Gasteiger partial charge in [0.1, 0.15) is 6.29 Å². The van der Waals surface area contributed by atoms with Crippen molar-refractivity contribution in [3.05, 3.63) is 90.0 Å². The van der Waals surface area contributed by atoms with E-state index in [9.17, 15) is 9.59 Å². The van der Waals surface area contributed by atoms with E-state index in [1.54, 1.807) is 7.11 Å². The summed E-state index contributed by atoms with van der Waals surface area (Å²) in [5.74, 6) is -0.650. The van der Waals surface area contributed by atoms with E-state index in [4.69, 9.17) is 24.4 Å². The number of rotatable bonds is 17. The Morgan fingerprint density at radius 2 is 1.60 bits per heavy atom. The molecule has 0 aliphatic heterocycles. The van der Waals surface area contributed by atoms with E-state index in [1.807, 2.05) is 0 Å². The van der Waals surface area contributed by atoms with Crippen LogP contribution in [0.2, 0.25) is 0 Å². The van der Waals surface area contributed by atoms with Gasteiger partial charge >= 0.3 is 5.97 Å². The first-order valence-electron chi connectivity index (χ1n) is 15.0. The van der Waals surface area contributed by atoms with Gasteiger partial charge in [-0.15, -0.1) is 0 Å². The van der Waals surface area contributed by atoms with E-state index in [-0.39, 0.29) is 36.4 Å². The fraction of sp³-hybridized carbons (Fsp3) is 0.444. The van der Waals surface area contributed by atoms with Gasteiger partial charge in [0.2, 0.25) is 0 Å². The number of aliphatic hydroxyl groups is 2. The Labute approximate surface area is 256 Å². The van der Waals surface area contributed by atoms with Crippen LogP contribution in [0.3, 0.4) is 0 Å². The molecule has 0 bridgehead atoms. The molecule has 2 aromatic rings. The van der Waals surface area contributed by atoms with E-state index in [0.29, 0.717) is 19.5 Å². The number of carbonyl (C=O) groups is 2. The summed E-state index contributed by atoms with van der Waals surface area (Å²) in [5.41, 5.74) is 6.82. The highest BCUT2D eigenvalue weighted by Crippen LogP contribution is 2.30. The zero-order chi connectivity index (χ0) is 31.5. The highest BCUT2D eigenvalue weighted by Gasteiger charge is 2.20. The third kappa shape index (κ3) is 13.2. The predicted molar refractivity (Wildman–Crippen MR) is 172 cm³/mol. The second kappa shape index (κ2) is 20.5. The Morgan fingerprint density at radius 1 is 0.953 bits per heavy atom. The summed E-state index contributed by atoms with van der Waals surface area (Å²) in [7, 11) is 1.62. The summed E-state index contributed by atoms with van der Waals surface area (Å²) in [4.78, 5) is 21.2. The molecule has 2 N–H and O–H groups in total. The zero-order valence-electron chi connectivity index (χ0n) is 25.8. The topological polar surface area (TPSA) is 102 Å². The molecule has 3 rings (SSSR count). The standard InChI is InChI=1S/C32H42O5.C4H6O2/c1-4-5-6-7-25-8-10-27(11-9-25)28-12-14-29(15-13-28)30-16-18-31(19-17-30)36-22-26(21-35-3)23-37-32(34)24(2)20-33;1-4(2-5)3-6/h8-16,26,31,33H,2,4-7,17-23H2,1,3H3;2,6H,1,3H2. The number of benzene rings is 2. The summed E-state index contributed by atoms with van der Waals surface area (Å²) in [6.45, 7) is 9.32. The number of aldehydes is 1. The van der Waals surface area contributed by atoms with Crippen LogP contribution in [0, 0.1) is 5.92 Å². The van der Waals surface area contributed by atoms with Gasteiger partial charge in [0.15, 0.2) is 0 Å². The monoisotopic (exact) mass is 592 g/mol. The van der Waals surface area contributed by atoms with Gasteiger partial charge in [0.05, 0.1) is 44.7 Å². The van der Waals surface area contributed by atoms with E-state index in [2.05, 4.69) is 74.7 Å². The molecule has 0 aromatic heterocycles. The molecule has 43 heavy (non-hydrogen) atoms. The Bertz CT molecular complexity index is 1170. The molecule has 2 atom stereocenters. The lowest BCUT2D eigenvalue weighted by atomic mass is 9.91. The molecule has 0 radical (unpaired) electrons. The lowest BCUT2D eigenvalue weighted by Crippen LogP contribution is -2.27. The van der Waals surface area contributed by atoms with Crippen LogP contribution in [0.25, 0.3) is 16.7 Å². The van der Waals surface area contributed by atoms with Crippen LogP contribution < -0.4 is 0 Å². The Morgan fingerprint density at radius 3 is 2.12 bits per heavy atom. The van der Waals surface area contributed by atoms with Crippen LogP contribution in [0.15, 0.2) is 78.9 Å². The van der Waals surface area contributed by atoms with Crippen molar-refractivity contribution in [2.24, 2.45) is 5.92 Å². The van der Waals surface area contributed by atoms with Crippen LogP contribution in [0.4, 0.5) is 0 Å². The van der Waals surface area contributed by atoms with Gasteiger partial charge in [-0.1, -0.05) is 87.5 Å². The van der Waals surface area contributed by atoms with E-state index < -0.39 is 12.6 Å².